The fourth-order valence-electron chi connectivity index (χ4n) is 2.37. The molecule has 0 aliphatic heterocycles. The minimum atomic E-state index is 0.760. The second kappa shape index (κ2) is 5.13. The summed E-state index contributed by atoms with van der Waals surface area (Å²) in [5, 5.41) is 0.760. The Kier molecular flexibility index (Phi) is 3.80. The fraction of sp³-hybridized carbons (Fsp3) is 0.571. The number of anilines is 1. The summed E-state index contributed by atoms with van der Waals surface area (Å²) in [5.41, 5.74) is 6.91. The van der Waals surface area contributed by atoms with Crippen LogP contribution in [0.15, 0.2) is 29.2 Å². The molecule has 1 nitrogen and oxygen atoms in total. The first-order valence-corrected chi connectivity index (χ1v) is 7.06. The quantitative estimate of drug-likeness (QED) is 0.778. The number of benzene rings is 1. The van der Waals surface area contributed by atoms with E-state index in [1.54, 1.807) is 0 Å². The average Bonchev–Trinajstić information content (AvgIpc) is 2.27. The molecule has 1 aromatic rings. The highest BCUT2D eigenvalue weighted by Gasteiger charge is 2.25. The minimum absolute atomic E-state index is 0.760. The van der Waals surface area contributed by atoms with Gasteiger partial charge in [0.05, 0.1) is 0 Å². The number of nitrogen functional groups attached to an aromatic ring is 1. The van der Waals surface area contributed by atoms with Gasteiger partial charge in [-0.2, -0.15) is 0 Å². The molecule has 0 bridgehead atoms. The third-order valence-electron chi connectivity index (χ3n) is 3.76. The van der Waals surface area contributed by atoms with Crippen molar-refractivity contribution in [1.29, 1.82) is 0 Å². The summed E-state index contributed by atoms with van der Waals surface area (Å²) < 4.78 is 0. The molecule has 1 aliphatic rings. The maximum absolute atomic E-state index is 5.98. The maximum atomic E-state index is 5.98. The van der Waals surface area contributed by atoms with Crippen LogP contribution in [0, 0.1) is 11.8 Å². The highest BCUT2D eigenvalue weighted by atomic mass is 32.2. The predicted molar refractivity (Wildman–Crippen MR) is 72.7 cm³/mol. The molecule has 1 fully saturated rings. The molecular formula is C14H21NS. The number of hydrogen-bond donors (Lipinski definition) is 1. The molecule has 2 N–H and O–H groups in total. The van der Waals surface area contributed by atoms with Gasteiger partial charge in [-0.1, -0.05) is 26.0 Å². The van der Waals surface area contributed by atoms with E-state index in [0.29, 0.717) is 0 Å². The highest BCUT2D eigenvalue weighted by molar-refractivity contribution is 8.00. The number of nitrogens with two attached hydrogens (primary N) is 1. The first kappa shape index (κ1) is 11.8. The van der Waals surface area contributed by atoms with Gasteiger partial charge in [-0.15, -0.1) is 11.8 Å². The van der Waals surface area contributed by atoms with Gasteiger partial charge < -0.3 is 5.73 Å². The van der Waals surface area contributed by atoms with Crippen LogP contribution in [0.2, 0.25) is 0 Å². The van der Waals surface area contributed by atoms with E-state index >= 15 is 0 Å². The molecule has 1 saturated carbocycles. The topological polar surface area (TPSA) is 26.0 Å². The van der Waals surface area contributed by atoms with Crippen molar-refractivity contribution in [2.75, 3.05) is 5.73 Å². The van der Waals surface area contributed by atoms with E-state index in [0.717, 1.165) is 22.8 Å². The van der Waals surface area contributed by atoms with Gasteiger partial charge in [-0.3, -0.25) is 0 Å². The zero-order valence-electron chi connectivity index (χ0n) is 10.1. The third-order valence-corrected chi connectivity index (χ3v) is 5.15. The van der Waals surface area contributed by atoms with Crippen LogP contribution >= 0.6 is 11.8 Å². The van der Waals surface area contributed by atoms with Crippen LogP contribution in [-0.4, -0.2) is 5.25 Å². The molecule has 3 atom stereocenters. The van der Waals surface area contributed by atoms with Gasteiger partial charge >= 0.3 is 0 Å². The van der Waals surface area contributed by atoms with Crippen LogP contribution < -0.4 is 5.73 Å². The van der Waals surface area contributed by atoms with E-state index in [1.807, 2.05) is 23.9 Å². The zero-order valence-corrected chi connectivity index (χ0v) is 11.0. The molecule has 3 unspecified atom stereocenters. The Hall–Kier alpha value is -0.630. The zero-order chi connectivity index (χ0) is 11.5. The summed E-state index contributed by atoms with van der Waals surface area (Å²) in [6.07, 6.45) is 4.04. The van der Waals surface area contributed by atoms with Gasteiger partial charge in [-0.25, -0.2) is 0 Å². The van der Waals surface area contributed by atoms with Gasteiger partial charge in [0.25, 0.3) is 0 Å². The van der Waals surface area contributed by atoms with Gasteiger partial charge in [0.2, 0.25) is 0 Å². The lowest BCUT2D eigenvalue weighted by molar-refractivity contribution is 0.283. The largest absolute Gasteiger partial charge is 0.398 e. The monoisotopic (exact) mass is 235 g/mol. The lowest BCUT2D eigenvalue weighted by Gasteiger charge is -2.31. The van der Waals surface area contributed by atoms with Crippen LogP contribution in [0.1, 0.15) is 33.1 Å². The SMILES string of the molecule is CC1CCC(Sc2ccccc2N)CC1C. The molecule has 0 radical (unpaired) electrons. The maximum Gasteiger partial charge on any atom is 0.0452 e. The lowest BCUT2D eigenvalue weighted by atomic mass is 9.81. The molecule has 1 aromatic carbocycles. The molecule has 1 aliphatic carbocycles. The van der Waals surface area contributed by atoms with E-state index < -0.39 is 0 Å². The lowest BCUT2D eigenvalue weighted by Crippen LogP contribution is -2.22. The van der Waals surface area contributed by atoms with Gasteiger partial charge in [-0.05, 0) is 43.2 Å². The van der Waals surface area contributed by atoms with Crippen molar-refractivity contribution in [2.45, 2.75) is 43.3 Å². The summed E-state index contributed by atoms with van der Waals surface area (Å²) in [6, 6.07) is 8.22. The summed E-state index contributed by atoms with van der Waals surface area (Å²) in [5.74, 6) is 1.75. The second-order valence-electron chi connectivity index (χ2n) is 5.05. The molecule has 0 heterocycles. The van der Waals surface area contributed by atoms with Crippen molar-refractivity contribution < 1.29 is 0 Å². The first-order chi connectivity index (χ1) is 7.66. The third kappa shape index (κ3) is 2.73. The van der Waals surface area contributed by atoms with E-state index in [2.05, 4.69) is 26.0 Å². The predicted octanol–water partition coefficient (Wildman–Crippen LogP) is 4.19. The number of rotatable bonds is 2. The molecule has 0 aromatic heterocycles. The first-order valence-electron chi connectivity index (χ1n) is 6.18. The van der Waals surface area contributed by atoms with Crippen molar-refractivity contribution in [3.05, 3.63) is 24.3 Å². The van der Waals surface area contributed by atoms with E-state index in [-0.39, 0.29) is 0 Å². The van der Waals surface area contributed by atoms with Crippen molar-refractivity contribution in [1.82, 2.24) is 0 Å². The molecule has 16 heavy (non-hydrogen) atoms. The second-order valence-corrected chi connectivity index (χ2v) is 6.39. The van der Waals surface area contributed by atoms with Gasteiger partial charge in [0, 0.05) is 15.8 Å². The molecule has 2 heteroatoms. The van der Waals surface area contributed by atoms with E-state index in [9.17, 15) is 0 Å². The summed E-state index contributed by atoms with van der Waals surface area (Å²) in [7, 11) is 0. The Bertz CT molecular complexity index is 350. The molecule has 0 spiro atoms. The summed E-state index contributed by atoms with van der Waals surface area (Å²) in [6.45, 7) is 4.76. The van der Waals surface area contributed by atoms with Gasteiger partial charge in [0.15, 0.2) is 0 Å². The van der Waals surface area contributed by atoms with Crippen LogP contribution in [0.3, 0.4) is 0 Å². The fourth-order valence-corrected chi connectivity index (χ4v) is 3.75. The molecule has 0 amide bonds. The smallest absolute Gasteiger partial charge is 0.0452 e. The molecular weight excluding hydrogens is 214 g/mol. The van der Waals surface area contributed by atoms with Crippen LogP contribution in [0.4, 0.5) is 5.69 Å². The number of thioether (sulfide) groups is 1. The molecule has 2 rings (SSSR count). The minimum Gasteiger partial charge on any atom is -0.398 e. The average molecular weight is 235 g/mol. The summed E-state index contributed by atoms with van der Waals surface area (Å²) >= 11 is 1.97. The Morgan fingerprint density at radius 1 is 1.12 bits per heavy atom. The summed E-state index contributed by atoms with van der Waals surface area (Å²) in [4.78, 5) is 1.26. The van der Waals surface area contributed by atoms with Crippen molar-refractivity contribution >= 4 is 17.4 Å². The highest BCUT2D eigenvalue weighted by Crippen LogP contribution is 2.40. The van der Waals surface area contributed by atoms with Crippen molar-refractivity contribution in [2.24, 2.45) is 11.8 Å². The standard InChI is InChI=1S/C14H21NS/c1-10-7-8-12(9-11(10)2)16-14-6-4-3-5-13(14)15/h3-6,10-12H,7-9,15H2,1-2H3. The van der Waals surface area contributed by atoms with Crippen LogP contribution in [0.5, 0.6) is 0 Å². The molecule has 0 saturated heterocycles. The van der Waals surface area contributed by atoms with Crippen LogP contribution in [0.25, 0.3) is 0 Å². The Balaban J connectivity index is 1.98. The Morgan fingerprint density at radius 3 is 2.56 bits per heavy atom. The van der Waals surface area contributed by atoms with Crippen LogP contribution in [-0.2, 0) is 0 Å². The number of hydrogen-bond acceptors (Lipinski definition) is 2. The normalized spacial score (nSPS) is 30.2. The Morgan fingerprint density at radius 2 is 1.88 bits per heavy atom. The number of para-hydroxylation sites is 1. The van der Waals surface area contributed by atoms with E-state index in [1.165, 1.54) is 24.2 Å². The van der Waals surface area contributed by atoms with E-state index in [4.69, 9.17) is 5.73 Å². The van der Waals surface area contributed by atoms with Gasteiger partial charge in [0.1, 0.15) is 0 Å². The van der Waals surface area contributed by atoms with Crippen molar-refractivity contribution in [3.8, 4) is 0 Å². The molecule has 88 valence electrons. The van der Waals surface area contributed by atoms with Crippen molar-refractivity contribution in [3.63, 3.8) is 0 Å². The Labute approximate surface area is 103 Å².